The molecule has 1 aromatic rings. The average molecular weight is 293 g/mol. The Morgan fingerprint density at radius 3 is 2.48 bits per heavy atom. The largest absolute Gasteiger partial charge is 0.297 e. The third-order valence-electron chi connectivity index (χ3n) is 4.93. The topological polar surface area (TPSA) is 59.1 Å². The fraction of sp³-hybridized carbons (Fsp3) is 0.812. The van der Waals surface area contributed by atoms with Crippen molar-refractivity contribution in [3.63, 3.8) is 0 Å². The van der Waals surface area contributed by atoms with E-state index in [0.29, 0.717) is 0 Å². The third-order valence-corrected chi connectivity index (χ3v) is 4.93. The Kier molecular flexibility index (Phi) is 5.79. The lowest BCUT2D eigenvalue weighted by Crippen LogP contribution is -2.60. The number of rotatable bonds is 6. The molecular formula is C16H31N5. The van der Waals surface area contributed by atoms with Gasteiger partial charge in [-0.3, -0.25) is 20.9 Å². The molecule has 120 valence electrons. The molecule has 0 aromatic carbocycles. The van der Waals surface area contributed by atoms with Gasteiger partial charge in [-0.25, -0.2) is 0 Å². The first-order valence-electron chi connectivity index (χ1n) is 8.30. The van der Waals surface area contributed by atoms with Crippen LogP contribution < -0.4 is 11.3 Å². The zero-order valence-corrected chi connectivity index (χ0v) is 13.8. The second-order valence-electron chi connectivity index (χ2n) is 6.68. The maximum absolute atomic E-state index is 5.89. The molecule has 21 heavy (non-hydrogen) atoms. The molecule has 3 N–H and O–H groups in total. The lowest BCUT2D eigenvalue weighted by molar-refractivity contribution is 0.0835. The van der Waals surface area contributed by atoms with E-state index in [1.807, 2.05) is 10.9 Å². The van der Waals surface area contributed by atoms with Crippen LogP contribution in [0.15, 0.2) is 12.4 Å². The number of aromatic nitrogens is 2. The number of likely N-dealkylation sites (tertiary alicyclic amines) is 1. The summed E-state index contributed by atoms with van der Waals surface area (Å²) < 4.78 is 1.97. The normalized spacial score (nSPS) is 19.4. The standard InChI is InChI=1S/C16H31N5/c1-4-21-13-14(12-18-21)11-15(19-17)16(2,3)20-9-7-5-6-8-10-20/h12-13,15,19H,4-11,17H2,1-3H3. The average Bonchev–Trinajstić information content (AvgIpc) is 2.74. The van der Waals surface area contributed by atoms with Crippen LogP contribution in [0.1, 0.15) is 52.0 Å². The van der Waals surface area contributed by atoms with Crippen LogP contribution in [0, 0.1) is 0 Å². The number of hydrogen-bond acceptors (Lipinski definition) is 4. The van der Waals surface area contributed by atoms with Gasteiger partial charge in [0, 0.05) is 24.3 Å². The number of nitrogens with zero attached hydrogens (tertiary/aromatic N) is 3. The van der Waals surface area contributed by atoms with Gasteiger partial charge in [0.15, 0.2) is 0 Å². The molecule has 1 fully saturated rings. The minimum Gasteiger partial charge on any atom is -0.297 e. The van der Waals surface area contributed by atoms with Crippen LogP contribution in [-0.2, 0) is 13.0 Å². The van der Waals surface area contributed by atoms with Crippen molar-refractivity contribution >= 4 is 0 Å². The number of aryl methyl sites for hydroxylation is 1. The zero-order chi connectivity index (χ0) is 15.3. The molecule has 0 amide bonds. The van der Waals surface area contributed by atoms with Crippen molar-refractivity contribution in [2.75, 3.05) is 13.1 Å². The van der Waals surface area contributed by atoms with Gasteiger partial charge >= 0.3 is 0 Å². The first-order valence-corrected chi connectivity index (χ1v) is 8.30. The maximum atomic E-state index is 5.89. The summed E-state index contributed by atoms with van der Waals surface area (Å²) in [5.74, 6) is 5.89. The lowest BCUT2D eigenvalue weighted by atomic mass is 9.88. The van der Waals surface area contributed by atoms with E-state index in [9.17, 15) is 0 Å². The zero-order valence-electron chi connectivity index (χ0n) is 13.8. The Balaban J connectivity index is 2.06. The summed E-state index contributed by atoms with van der Waals surface area (Å²) in [5, 5.41) is 4.37. The molecule has 0 aliphatic carbocycles. The van der Waals surface area contributed by atoms with Gasteiger partial charge in [-0.2, -0.15) is 5.10 Å². The molecule has 1 aromatic heterocycles. The van der Waals surface area contributed by atoms with Crippen LogP contribution in [0.25, 0.3) is 0 Å². The number of hydrazine groups is 1. The van der Waals surface area contributed by atoms with E-state index in [1.54, 1.807) is 0 Å². The van der Waals surface area contributed by atoms with Gasteiger partial charge in [-0.1, -0.05) is 12.8 Å². The fourth-order valence-corrected chi connectivity index (χ4v) is 3.30. The van der Waals surface area contributed by atoms with Crippen molar-refractivity contribution in [3.05, 3.63) is 18.0 Å². The maximum Gasteiger partial charge on any atom is 0.0522 e. The molecule has 0 spiro atoms. The van der Waals surface area contributed by atoms with Gasteiger partial charge < -0.3 is 0 Å². The molecule has 5 heteroatoms. The molecule has 1 atom stereocenters. The van der Waals surface area contributed by atoms with Gasteiger partial charge in [-0.15, -0.1) is 0 Å². The summed E-state index contributed by atoms with van der Waals surface area (Å²) in [7, 11) is 0. The van der Waals surface area contributed by atoms with Gasteiger partial charge in [0.2, 0.25) is 0 Å². The quantitative estimate of drug-likeness (QED) is 0.621. The third kappa shape index (κ3) is 4.05. The molecule has 0 saturated carbocycles. The summed E-state index contributed by atoms with van der Waals surface area (Å²) in [6.45, 7) is 10.0. The molecular weight excluding hydrogens is 262 g/mol. The van der Waals surface area contributed by atoms with Crippen LogP contribution in [0.4, 0.5) is 0 Å². The molecule has 0 radical (unpaired) electrons. The van der Waals surface area contributed by atoms with Crippen LogP contribution in [-0.4, -0.2) is 39.4 Å². The molecule has 5 nitrogen and oxygen atoms in total. The van der Waals surface area contributed by atoms with Gasteiger partial charge in [0.25, 0.3) is 0 Å². The summed E-state index contributed by atoms with van der Waals surface area (Å²) >= 11 is 0. The van der Waals surface area contributed by atoms with E-state index < -0.39 is 0 Å². The van der Waals surface area contributed by atoms with Crippen molar-refractivity contribution in [2.24, 2.45) is 5.84 Å². The predicted molar refractivity (Wildman–Crippen MR) is 86.8 cm³/mol. The molecule has 1 aliphatic heterocycles. The van der Waals surface area contributed by atoms with Crippen molar-refractivity contribution in [3.8, 4) is 0 Å². The van der Waals surface area contributed by atoms with Crippen LogP contribution in [0.2, 0.25) is 0 Å². The second-order valence-corrected chi connectivity index (χ2v) is 6.68. The highest BCUT2D eigenvalue weighted by Gasteiger charge is 2.35. The Bertz CT molecular complexity index is 418. The van der Waals surface area contributed by atoms with E-state index >= 15 is 0 Å². The van der Waals surface area contributed by atoms with Gasteiger partial charge in [0.05, 0.1) is 6.20 Å². The van der Waals surface area contributed by atoms with Crippen molar-refractivity contribution in [1.82, 2.24) is 20.1 Å². The summed E-state index contributed by atoms with van der Waals surface area (Å²) in [6, 6.07) is 0.227. The van der Waals surface area contributed by atoms with Crippen molar-refractivity contribution in [1.29, 1.82) is 0 Å². The number of hydrogen-bond donors (Lipinski definition) is 2. The van der Waals surface area contributed by atoms with Crippen LogP contribution in [0.3, 0.4) is 0 Å². The Labute approximate surface area is 128 Å². The first kappa shape index (κ1) is 16.5. The van der Waals surface area contributed by atoms with Gasteiger partial charge in [0.1, 0.15) is 0 Å². The first-order chi connectivity index (χ1) is 10.1. The van der Waals surface area contributed by atoms with Crippen LogP contribution in [0.5, 0.6) is 0 Å². The molecule has 1 unspecified atom stereocenters. The fourth-order valence-electron chi connectivity index (χ4n) is 3.30. The minimum absolute atomic E-state index is 0.0490. The minimum atomic E-state index is 0.0490. The molecule has 1 saturated heterocycles. The summed E-state index contributed by atoms with van der Waals surface area (Å²) in [4.78, 5) is 2.61. The lowest BCUT2D eigenvalue weighted by Gasteiger charge is -2.43. The van der Waals surface area contributed by atoms with Gasteiger partial charge in [-0.05, 0) is 58.7 Å². The molecule has 1 aliphatic rings. The highest BCUT2D eigenvalue weighted by Crippen LogP contribution is 2.25. The van der Waals surface area contributed by atoms with Crippen molar-refractivity contribution in [2.45, 2.75) is 71.0 Å². The van der Waals surface area contributed by atoms with E-state index in [1.165, 1.54) is 44.3 Å². The summed E-state index contributed by atoms with van der Waals surface area (Å²) in [5.41, 5.74) is 4.36. The second kappa shape index (κ2) is 7.38. The Morgan fingerprint density at radius 1 is 1.29 bits per heavy atom. The summed E-state index contributed by atoms with van der Waals surface area (Å²) in [6.07, 6.45) is 10.3. The molecule has 2 rings (SSSR count). The van der Waals surface area contributed by atoms with Crippen LogP contribution >= 0.6 is 0 Å². The Hall–Kier alpha value is -0.910. The molecule has 2 heterocycles. The SMILES string of the molecule is CCn1cc(CC(NN)C(C)(C)N2CCCCCC2)cn1. The van der Waals surface area contributed by atoms with E-state index in [0.717, 1.165) is 13.0 Å². The van der Waals surface area contributed by atoms with E-state index in [2.05, 4.69) is 42.4 Å². The van der Waals surface area contributed by atoms with E-state index in [4.69, 9.17) is 5.84 Å². The smallest absolute Gasteiger partial charge is 0.0522 e. The highest BCUT2D eigenvalue weighted by atomic mass is 15.3. The van der Waals surface area contributed by atoms with E-state index in [-0.39, 0.29) is 11.6 Å². The highest BCUT2D eigenvalue weighted by molar-refractivity contribution is 5.09. The van der Waals surface area contributed by atoms with Crippen molar-refractivity contribution < 1.29 is 0 Å². The number of nitrogens with one attached hydrogen (secondary N) is 1. The predicted octanol–water partition coefficient (Wildman–Crippen LogP) is 1.93. The monoisotopic (exact) mass is 293 g/mol. The molecule has 0 bridgehead atoms. The number of nitrogens with two attached hydrogens (primary N) is 1. The Morgan fingerprint density at radius 2 is 1.95 bits per heavy atom.